The van der Waals surface area contributed by atoms with Gasteiger partial charge in [-0.3, -0.25) is 9.59 Å². The fourth-order valence-electron chi connectivity index (χ4n) is 3.43. The molecular formula is C23H22N4O2. The third-order valence-electron chi connectivity index (χ3n) is 5.10. The smallest absolute Gasteiger partial charge is 0.289 e. The Bertz CT molecular complexity index is 1080. The maximum Gasteiger partial charge on any atom is 0.289 e. The highest BCUT2D eigenvalue weighted by atomic mass is 16.2. The van der Waals surface area contributed by atoms with Gasteiger partial charge in [0.15, 0.2) is 0 Å². The van der Waals surface area contributed by atoms with Gasteiger partial charge in [-0.05, 0) is 43.9 Å². The second-order valence-corrected chi connectivity index (χ2v) is 7.30. The van der Waals surface area contributed by atoms with Gasteiger partial charge in [-0.25, -0.2) is 9.97 Å². The molecule has 6 nitrogen and oxygen atoms in total. The van der Waals surface area contributed by atoms with Gasteiger partial charge in [-0.1, -0.05) is 48.0 Å². The van der Waals surface area contributed by atoms with Gasteiger partial charge >= 0.3 is 0 Å². The zero-order valence-corrected chi connectivity index (χ0v) is 16.4. The summed E-state index contributed by atoms with van der Waals surface area (Å²) < 4.78 is 0. The third kappa shape index (κ3) is 4.01. The Morgan fingerprint density at radius 1 is 1.10 bits per heavy atom. The normalized spacial score (nSPS) is 15.8. The SMILES string of the molecule is Cc1ccc(-c2nc(C(=O)NC3CCc4ccccc4NC3=O)ncc2C)cc1. The van der Waals surface area contributed by atoms with E-state index < -0.39 is 11.9 Å². The Hall–Kier alpha value is -3.54. The highest BCUT2D eigenvalue weighted by Crippen LogP contribution is 2.23. The van der Waals surface area contributed by atoms with E-state index in [-0.39, 0.29) is 11.7 Å². The minimum Gasteiger partial charge on any atom is -0.337 e. The van der Waals surface area contributed by atoms with E-state index in [4.69, 9.17) is 0 Å². The lowest BCUT2D eigenvalue weighted by molar-refractivity contribution is -0.118. The maximum absolute atomic E-state index is 12.8. The van der Waals surface area contributed by atoms with Gasteiger partial charge in [0.05, 0.1) is 5.69 Å². The van der Waals surface area contributed by atoms with Gasteiger partial charge in [-0.2, -0.15) is 0 Å². The number of hydrogen-bond acceptors (Lipinski definition) is 4. The number of fused-ring (bicyclic) bond motifs is 1. The van der Waals surface area contributed by atoms with Gasteiger partial charge in [0, 0.05) is 17.4 Å². The molecule has 4 rings (SSSR count). The number of benzene rings is 2. The number of hydrogen-bond donors (Lipinski definition) is 2. The molecule has 0 saturated heterocycles. The first-order valence-corrected chi connectivity index (χ1v) is 9.61. The molecule has 2 aromatic carbocycles. The molecule has 0 bridgehead atoms. The zero-order valence-electron chi connectivity index (χ0n) is 16.4. The summed E-state index contributed by atoms with van der Waals surface area (Å²) in [4.78, 5) is 34.0. The van der Waals surface area contributed by atoms with Crippen LogP contribution in [0.25, 0.3) is 11.3 Å². The third-order valence-corrected chi connectivity index (χ3v) is 5.10. The summed E-state index contributed by atoms with van der Waals surface area (Å²) in [6, 6.07) is 15.0. The average molecular weight is 386 g/mol. The summed E-state index contributed by atoms with van der Waals surface area (Å²) >= 11 is 0. The Morgan fingerprint density at radius 2 is 1.86 bits per heavy atom. The fourth-order valence-corrected chi connectivity index (χ4v) is 3.43. The molecule has 0 fully saturated rings. The fraction of sp³-hybridized carbons (Fsp3) is 0.217. The molecule has 1 aliphatic rings. The number of rotatable bonds is 3. The van der Waals surface area contributed by atoms with Crippen LogP contribution in [0, 0.1) is 13.8 Å². The van der Waals surface area contributed by atoms with E-state index in [0.717, 1.165) is 27.9 Å². The molecule has 2 amide bonds. The molecule has 29 heavy (non-hydrogen) atoms. The van der Waals surface area contributed by atoms with Gasteiger partial charge < -0.3 is 10.6 Å². The summed E-state index contributed by atoms with van der Waals surface area (Å²) in [5.41, 5.74) is 5.52. The molecule has 1 aliphatic heterocycles. The van der Waals surface area contributed by atoms with Crippen molar-refractivity contribution in [3.63, 3.8) is 0 Å². The van der Waals surface area contributed by atoms with Crippen LogP contribution in [0.4, 0.5) is 5.69 Å². The van der Waals surface area contributed by atoms with Gasteiger partial charge in [0.2, 0.25) is 11.7 Å². The number of aryl methyl sites for hydroxylation is 3. The molecule has 3 aromatic rings. The molecule has 0 spiro atoms. The number of carbonyl (C=O) groups is 2. The summed E-state index contributed by atoms with van der Waals surface area (Å²) in [6.07, 6.45) is 2.86. The van der Waals surface area contributed by atoms with Crippen LogP contribution < -0.4 is 10.6 Å². The van der Waals surface area contributed by atoms with Crippen molar-refractivity contribution in [3.05, 3.63) is 77.2 Å². The molecular weight excluding hydrogens is 364 g/mol. The Kier molecular flexibility index (Phi) is 5.08. The van der Waals surface area contributed by atoms with E-state index in [2.05, 4.69) is 20.6 Å². The highest BCUT2D eigenvalue weighted by Gasteiger charge is 2.26. The minimum absolute atomic E-state index is 0.0562. The number of carbonyl (C=O) groups excluding carboxylic acids is 2. The lowest BCUT2D eigenvalue weighted by Crippen LogP contribution is -2.43. The van der Waals surface area contributed by atoms with Crippen LogP contribution in [-0.4, -0.2) is 27.8 Å². The zero-order chi connectivity index (χ0) is 20.4. The first kappa shape index (κ1) is 18.8. The Labute approximate surface area is 169 Å². The van der Waals surface area contributed by atoms with Crippen molar-refractivity contribution >= 4 is 17.5 Å². The first-order chi connectivity index (χ1) is 14.0. The van der Waals surface area contributed by atoms with Crippen LogP contribution in [0.5, 0.6) is 0 Å². The lowest BCUT2D eigenvalue weighted by atomic mass is 10.1. The molecule has 0 saturated carbocycles. The monoisotopic (exact) mass is 386 g/mol. The van der Waals surface area contributed by atoms with Crippen molar-refractivity contribution in [2.24, 2.45) is 0 Å². The predicted octanol–water partition coefficient (Wildman–Crippen LogP) is 3.44. The van der Waals surface area contributed by atoms with Crippen molar-refractivity contribution in [1.82, 2.24) is 15.3 Å². The molecule has 2 heterocycles. The summed E-state index contributed by atoms with van der Waals surface area (Å²) in [7, 11) is 0. The van der Waals surface area contributed by atoms with Crippen molar-refractivity contribution in [1.29, 1.82) is 0 Å². The maximum atomic E-state index is 12.8. The van der Waals surface area contributed by atoms with Gasteiger partial charge in [-0.15, -0.1) is 0 Å². The summed E-state index contributed by atoms with van der Waals surface area (Å²) in [5.74, 6) is -0.626. The molecule has 1 aromatic heterocycles. The van der Waals surface area contributed by atoms with Crippen LogP contribution >= 0.6 is 0 Å². The standard InChI is InChI=1S/C23H22N4O2/c1-14-7-9-17(10-8-14)20-15(2)13-24-21(27-20)23(29)26-19-12-11-16-5-3-4-6-18(16)25-22(19)28/h3-10,13,19H,11-12H2,1-2H3,(H,25,28)(H,26,29). The quantitative estimate of drug-likeness (QED) is 0.722. The molecule has 6 heteroatoms. The Morgan fingerprint density at radius 3 is 2.66 bits per heavy atom. The van der Waals surface area contributed by atoms with Crippen LogP contribution in [0.3, 0.4) is 0 Å². The number of aromatic nitrogens is 2. The largest absolute Gasteiger partial charge is 0.337 e. The predicted molar refractivity (Wildman–Crippen MR) is 112 cm³/mol. The lowest BCUT2D eigenvalue weighted by Gasteiger charge is -2.15. The molecule has 0 radical (unpaired) electrons. The number of para-hydroxylation sites is 1. The van der Waals surface area contributed by atoms with Crippen molar-refractivity contribution in [2.75, 3.05) is 5.32 Å². The topological polar surface area (TPSA) is 84.0 Å². The average Bonchev–Trinajstić information content (AvgIpc) is 2.88. The highest BCUT2D eigenvalue weighted by molar-refractivity contribution is 6.00. The summed E-state index contributed by atoms with van der Waals surface area (Å²) in [6.45, 7) is 3.93. The second kappa shape index (κ2) is 7.83. The molecule has 1 atom stereocenters. The first-order valence-electron chi connectivity index (χ1n) is 9.61. The summed E-state index contributed by atoms with van der Waals surface area (Å²) in [5, 5.41) is 5.68. The number of amides is 2. The van der Waals surface area contributed by atoms with Crippen LogP contribution in [0.1, 0.15) is 33.7 Å². The van der Waals surface area contributed by atoms with E-state index in [9.17, 15) is 9.59 Å². The van der Waals surface area contributed by atoms with E-state index >= 15 is 0 Å². The number of anilines is 1. The van der Waals surface area contributed by atoms with Gasteiger partial charge in [0.1, 0.15) is 6.04 Å². The van der Waals surface area contributed by atoms with Crippen molar-refractivity contribution in [2.45, 2.75) is 32.7 Å². The van der Waals surface area contributed by atoms with Crippen LogP contribution in [0.15, 0.2) is 54.7 Å². The van der Waals surface area contributed by atoms with E-state index in [0.29, 0.717) is 18.5 Å². The second-order valence-electron chi connectivity index (χ2n) is 7.30. The van der Waals surface area contributed by atoms with E-state index in [1.165, 1.54) is 0 Å². The van der Waals surface area contributed by atoms with Gasteiger partial charge in [0.25, 0.3) is 5.91 Å². The number of nitrogens with one attached hydrogen (secondary N) is 2. The van der Waals surface area contributed by atoms with E-state index in [1.54, 1.807) is 6.20 Å². The van der Waals surface area contributed by atoms with E-state index in [1.807, 2.05) is 62.4 Å². The molecule has 146 valence electrons. The van der Waals surface area contributed by atoms with Crippen LogP contribution in [0.2, 0.25) is 0 Å². The molecule has 2 N–H and O–H groups in total. The number of nitrogens with zero attached hydrogens (tertiary/aromatic N) is 2. The minimum atomic E-state index is -0.636. The van der Waals surface area contributed by atoms with Crippen molar-refractivity contribution in [3.8, 4) is 11.3 Å². The Balaban J connectivity index is 1.54. The van der Waals surface area contributed by atoms with Crippen molar-refractivity contribution < 1.29 is 9.59 Å². The molecule has 0 aliphatic carbocycles. The molecule has 1 unspecified atom stereocenters. The van der Waals surface area contributed by atoms with Crippen LogP contribution in [-0.2, 0) is 11.2 Å².